The Balaban J connectivity index is 1.93. The second-order valence-corrected chi connectivity index (χ2v) is 5.37. The molecule has 1 saturated carbocycles. The molecule has 0 aliphatic heterocycles. The van der Waals surface area contributed by atoms with Gasteiger partial charge in [0.05, 0.1) is 0 Å². The number of hydrogen-bond donors (Lipinski definition) is 1. The highest BCUT2D eigenvalue weighted by Gasteiger charge is 2.20. The molecular weight excluding hydrogens is 213 g/mol. The van der Waals surface area contributed by atoms with Crippen molar-refractivity contribution in [3.05, 3.63) is 35.6 Å². The normalized spacial score (nSPS) is 26.8. The zero-order valence-electron chi connectivity index (χ0n) is 10.7. The summed E-state index contributed by atoms with van der Waals surface area (Å²) in [6.07, 6.45) is 5.03. The minimum Gasteiger partial charge on any atom is -0.307 e. The van der Waals surface area contributed by atoms with Gasteiger partial charge >= 0.3 is 0 Å². The summed E-state index contributed by atoms with van der Waals surface area (Å²) < 4.78 is 13.6. The van der Waals surface area contributed by atoms with Crippen LogP contribution in [-0.2, 0) is 0 Å². The summed E-state index contributed by atoms with van der Waals surface area (Å²) in [5, 5.41) is 3.56. The second kappa shape index (κ2) is 5.63. The molecule has 1 nitrogen and oxygen atoms in total. The van der Waals surface area contributed by atoms with Gasteiger partial charge in [-0.05, 0) is 44.6 Å². The first-order valence-corrected chi connectivity index (χ1v) is 6.67. The summed E-state index contributed by atoms with van der Waals surface area (Å²) in [5.74, 6) is 0.758. The number of benzene rings is 1. The topological polar surface area (TPSA) is 12.0 Å². The highest BCUT2D eigenvalue weighted by molar-refractivity contribution is 5.20. The molecule has 1 aromatic rings. The van der Waals surface area contributed by atoms with Crippen molar-refractivity contribution in [2.24, 2.45) is 5.92 Å². The van der Waals surface area contributed by atoms with Crippen molar-refractivity contribution in [1.29, 1.82) is 0 Å². The van der Waals surface area contributed by atoms with E-state index in [1.54, 1.807) is 6.07 Å². The predicted octanol–water partition coefficient (Wildman–Crippen LogP) is 4.06. The van der Waals surface area contributed by atoms with Crippen LogP contribution in [0, 0.1) is 11.7 Å². The average molecular weight is 235 g/mol. The first kappa shape index (κ1) is 12.6. The third-order valence-corrected chi connectivity index (χ3v) is 3.87. The maximum Gasteiger partial charge on any atom is 0.127 e. The van der Waals surface area contributed by atoms with Gasteiger partial charge in [-0.3, -0.25) is 0 Å². The number of rotatable bonds is 3. The number of halogens is 1. The van der Waals surface area contributed by atoms with Crippen molar-refractivity contribution in [2.45, 2.75) is 51.6 Å². The zero-order chi connectivity index (χ0) is 12.3. The molecule has 1 N–H and O–H groups in total. The van der Waals surface area contributed by atoms with Crippen molar-refractivity contribution in [3.63, 3.8) is 0 Å². The van der Waals surface area contributed by atoms with E-state index in [1.807, 2.05) is 12.1 Å². The van der Waals surface area contributed by atoms with Gasteiger partial charge in [-0.2, -0.15) is 0 Å². The molecule has 17 heavy (non-hydrogen) atoms. The van der Waals surface area contributed by atoms with Crippen molar-refractivity contribution in [3.8, 4) is 0 Å². The predicted molar refractivity (Wildman–Crippen MR) is 69.4 cm³/mol. The molecule has 1 aliphatic carbocycles. The van der Waals surface area contributed by atoms with Crippen LogP contribution in [0.4, 0.5) is 4.39 Å². The second-order valence-electron chi connectivity index (χ2n) is 5.37. The minimum absolute atomic E-state index is 0.100. The molecule has 1 fully saturated rings. The monoisotopic (exact) mass is 235 g/mol. The molecule has 0 saturated heterocycles. The Morgan fingerprint density at radius 1 is 1.18 bits per heavy atom. The summed E-state index contributed by atoms with van der Waals surface area (Å²) in [6.45, 7) is 4.37. The Hall–Kier alpha value is -0.890. The Kier molecular flexibility index (Phi) is 4.16. The highest BCUT2D eigenvalue weighted by Crippen LogP contribution is 2.26. The molecule has 0 radical (unpaired) electrons. The van der Waals surface area contributed by atoms with Crippen LogP contribution in [0.2, 0.25) is 0 Å². The van der Waals surface area contributed by atoms with E-state index in [9.17, 15) is 4.39 Å². The van der Waals surface area contributed by atoms with Crippen molar-refractivity contribution >= 4 is 0 Å². The highest BCUT2D eigenvalue weighted by atomic mass is 19.1. The molecule has 2 rings (SSSR count). The summed E-state index contributed by atoms with van der Waals surface area (Å²) in [7, 11) is 0. The lowest BCUT2D eigenvalue weighted by molar-refractivity contribution is 0.290. The van der Waals surface area contributed by atoms with Gasteiger partial charge in [0.15, 0.2) is 0 Å². The molecule has 0 bridgehead atoms. The lowest BCUT2D eigenvalue weighted by Gasteiger charge is -2.30. The maximum absolute atomic E-state index is 13.6. The van der Waals surface area contributed by atoms with E-state index in [0.717, 1.165) is 11.5 Å². The van der Waals surface area contributed by atoms with Gasteiger partial charge in [0, 0.05) is 17.6 Å². The van der Waals surface area contributed by atoms with E-state index in [-0.39, 0.29) is 11.9 Å². The van der Waals surface area contributed by atoms with E-state index < -0.39 is 0 Å². The first-order chi connectivity index (χ1) is 8.16. The van der Waals surface area contributed by atoms with E-state index in [4.69, 9.17) is 0 Å². The molecule has 1 unspecified atom stereocenters. The fourth-order valence-corrected chi connectivity index (χ4v) is 2.70. The summed E-state index contributed by atoms with van der Waals surface area (Å²) >= 11 is 0. The summed E-state index contributed by atoms with van der Waals surface area (Å²) in [4.78, 5) is 0. The van der Waals surface area contributed by atoms with Crippen molar-refractivity contribution < 1.29 is 4.39 Å². The van der Waals surface area contributed by atoms with Crippen LogP contribution < -0.4 is 5.32 Å². The minimum atomic E-state index is -0.100. The van der Waals surface area contributed by atoms with Crippen LogP contribution in [0.3, 0.4) is 0 Å². The Bertz CT molecular complexity index is 356. The Labute approximate surface area is 103 Å². The molecule has 0 aromatic heterocycles. The maximum atomic E-state index is 13.6. The van der Waals surface area contributed by atoms with Crippen LogP contribution >= 0.6 is 0 Å². The van der Waals surface area contributed by atoms with E-state index in [1.165, 1.54) is 31.7 Å². The summed E-state index contributed by atoms with van der Waals surface area (Å²) in [6, 6.07) is 7.72. The van der Waals surface area contributed by atoms with Gasteiger partial charge in [0.1, 0.15) is 5.82 Å². The molecule has 0 heterocycles. The Morgan fingerprint density at radius 3 is 2.47 bits per heavy atom. The molecule has 0 amide bonds. The molecule has 1 aliphatic rings. The van der Waals surface area contributed by atoms with Crippen LogP contribution in [-0.4, -0.2) is 6.04 Å². The van der Waals surface area contributed by atoms with Gasteiger partial charge in [-0.1, -0.05) is 25.1 Å². The summed E-state index contributed by atoms with van der Waals surface area (Å²) in [5.41, 5.74) is 0.783. The third kappa shape index (κ3) is 3.29. The quantitative estimate of drug-likeness (QED) is 0.833. The molecule has 94 valence electrons. The average Bonchev–Trinajstić information content (AvgIpc) is 2.32. The SMILES string of the molecule is CC1CCC(NC(C)c2ccccc2F)CC1. The van der Waals surface area contributed by atoms with Crippen LogP contribution in [0.5, 0.6) is 0 Å². The smallest absolute Gasteiger partial charge is 0.127 e. The Morgan fingerprint density at radius 2 is 1.82 bits per heavy atom. The zero-order valence-corrected chi connectivity index (χ0v) is 10.7. The molecule has 1 atom stereocenters. The molecular formula is C15H22FN. The molecule has 2 heteroatoms. The van der Waals surface area contributed by atoms with Crippen LogP contribution in [0.15, 0.2) is 24.3 Å². The first-order valence-electron chi connectivity index (χ1n) is 6.67. The van der Waals surface area contributed by atoms with Gasteiger partial charge in [-0.15, -0.1) is 0 Å². The lowest BCUT2D eigenvalue weighted by atomic mass is 9.87. The van der Waals surface area contributed by atoms with Gasteiger partial charge < -0.3 is 5.32 Å². The molecule has 1 aromatic carbocycles. The van der Waals surface area contributed by atoms with Gasteiger partial charge in [0.25, 0.3) is 0 Å². The van der Waals surface area contributed by atoms with Gasteiger partial charge in [0.2, 0.25) is 0 Å². The van der Waals surface area contributed by atoms with Crippen molar-refractivity contribution in [1.82, 2.24) is 5.32 Å². The number of nitrogens with one attached hydrogen (secondary N) is 1. The largest absolute Gasteiger partial charge is 0.307 e. The number of hydrogen-bond acceptors (Lipinski definition) is 1. The van der Waals surface area contributed by atoms with E-state index in [2.05, 4.69) is 19.2 Å². The molecule has 0 spiro atoms. The van der Waals surface area contributed by atoms with E-state index in [0.29, 0.717) is 6.04 Å². The third-order valence-electron chi connectivity index (χ3n) is 3.87. The van der Waals surface area contributed by atoms with E-state index >= 15 is 0 Å². The standard InChI is InChI=1S/C15H22FN/c1-11-7-9-13(10-8-11)17-12(2)14-5-3-4-6-15(14)16/h3-6,11-13,17H,7-10H2,1-2H3. The fraction of sp³-hybridized carbons (Fsp3) is 0.600. The fourth-order valence-electron chi connectivity index (χ4n) is 2.70. The van der Waals surface area contributed by atoms with Crippen molar-refractivity contribution in [2.75, 3.05) is 0 Å². The van der Waals surface area contributed by atoms with Crippen LogP contribution in [0.25, 0.3) is 0 Å². The van der Waals surface area contributed by atoms with Crippen LogP contribution in [0.1, 0.15) is 51.1 Å². The lowest BCUT2D eigenvalue weighted by Crippen LogP contribution is -2.34. The van der Waals surface area contributed by atoms with Gasteiger partial charge in [-0.25, -0.2) is 4.39 Å².